The topological polar surface area (TPSA) is 9.23 Å². The van der Waals surface area contributed by atoms with Gasteiger partial charge < -0.3 is 13.7 Å². The van der Waals surface area contributed by atoms with Gasteiger partial charge in [0.15, 0.2) is 0 Å². The minimum Gasteiger partial charge on any atom is -0.370 e. The molecule has 0 amide bonds. The summed E-state index contributed by atoms with van der Waals surface area (Å²) in [6.45, 7) is 9.97. The molecule has 4 atom stereocenters. The van der Waals surface area contributed by atoms with E-state index >= 15 is 0 Å². The fourth-order valence-electron chi connectivity index (χ4n) is 5.87. The second-order valence-electron chi connectivity index (χ2n) is 9.08. The number of ether oxygens (including phenoxy) is 1. The van der Waals surface area contributed by atoms with Crippen molar-refractivity contribution in [1.82, 2.24) is 0 Å². The van der Waals surface area contributed by atoms with Gasteiger partial charge >= 0.3 is 0 Å². The maximum absolute atomic E-state index is 5.53. The SMILES string of the molecule is C[N+]1(CCC[N+]2(C)CC3C4C=CC(CC4)C3C2)CCOCC1. The Hall–Kier alpha value is -0.380. The molecule has 0 aromatic rings. The molecule has 0 N–H and O–H groups in total. The maximum atomic E-state index is 5.53. The first-order valence-corrected chi connectivity index (χ1v) is 9.50. The van der Waals surface area contributed by atoms with E-state index in [0.29, 0.717) is 0 Å². The van der Waals surface area contributed by atoms with E-state index in [4.69, 9.17) is 4.74 Å². The summed E-state index contributed by atoms with van der Waals surface area (Å²) in [5, 5.41) is 0. The first-order valence-electron chi connectivity index (χ1n) is 9.50. The summed E-state index contributed by atoms with van der Waals surface area (Å²) in [4.78, 5) is 0. The maximum Gasteiger partial charge on any atom is 0.102 e. The fraction of sp³-hybridized carbons (Fsp3) is 0.895. The van der Waals surface area contributed by atoms with E-state index in [1.807, 2.05) is 0 Å². The molecular formula is C19H34N2O+2. The standard InChI is InChI=1S/C19H34N2O/c1-20(10-12-22-13-11-20)8-3-9-21(2)14-18-16-4-5-17(7-6-16)19(18)15-21/h4-5,16-19H,3,6-15H2,1-2H3/q+2. The Morgan fingerprint density at radius 1 is 0.864 bits per heavy atom. The van der Waals surface area contributed by atoms with E-state index < -0.39 is 0 Å². The summed E-state index contributed by atoms with van der Waals surface area (Å²) >= 11 is 0. The van der Waals surface area contributed by atoms with Crippen LogP contribution in [0.4, 0.5) is 0 Å². The Kier molecular flexibility index (Phi) is 3.87. The van der Waals surface area contributed by atoms with Gasteiger partial charge in [-0.2, -0.15) is 0 Å². The first kappa shape index (κ1) is 15.2. The van der Waals surface area contributed by atoms with E-state index in [1.165, 1.54) is 67.5 Å². The minimum absolute atomic E-state index is 0.916. The van der Waals surface area contributed by atoms with Crippen molar-refractivity contribution in [2.24, 2.45) is 23.7 Å². The Balaban J connectivity index is 1.32. The van der Waals surface area contributed by atoms with E-state index in [1.54, 1.807) is 0 Å². The first-order chi connectivity index (χ1) is 10.6. The van der Waals surface area contributed by atoms with Gasteiger partial charge in [-0.3, -0.25) is 0 Å². The highest BCUT2D eigenvalue weighted by atomic mass is 16.5. The summed E-state index contributed by atoms with van der Waals surface area (Å²) in [6.07, 6.45) is 9.44. The molecule has 0 aromatic heterocycles. The van der Waals surface area contributed by atoms with Gasteiger partial charge in [-0.25, -0.2) is 0 Å². The molecule has 3 nitrogen and oxygen atoms in total. The summed E-state index contributed by atoms with van der Waals surface area (Å²) in [5.41, 5.74) is 0. The van der Waals surface area contributed by atoms with Gasteiger partial charge in [0.1, 0.15) is 13.1 Å². The molecule has 1 saturated carbocycles. The van der Waals surface area contributed by atoms with Crippen LogP contribution in [0.3, 0.4) is 0 Å². The highest BCUT2D eigenvalue weighted by molar-refractivity contribution is 5.10. The van der Waals surface area contributed by atoms with Crippen LogP contribution in [0, 0.1) is 23.7 Å². The third-order valence-electron chi connectivity index (χ3n) is 7.34. The number of hydrogen-bond donors (Lipinski definition) is 0. The van der Waals surface area contributed by atoms with Crippen LogP contribution in [0.5, 0.6) is 0 Å². The van der Waals surface area contributed by atoms with Crippen LogP contribution in [0.15, 0.2) is 12.2 Å². The lowest BCUT2D eigenvalue weighted by molar-refractivity contribution is -0.928. The summed E-state index contributed by atoms with van der Waals surface area (Å²) in [6, 6.07) is 0. The van der Waals surface area contributed by atoms with Crippen LogP contribution in [0.2, 0.25) is 0 Å². The van der Waals surface area contributed by atoms with E-state index in [-0.39, 0.29) is 0 Å². The molecule has 2 saturated heterocycles. The van der Waals surface area contributed by atoms with E-state index in [2.05, 4.69) is 26.2 Å². The number of rotatable bonds is 4. The van der Waals surface area contributed by atoms with Gasteiger partial charge in [0.2, 0.25) is 0 Å². The molecule has 3 heteroatoms. The van der Waals surface area contributed by atoms with Gasteiger partial charge in [-0.15, -0.1) is 0 Å². The van der Waals surface area contributed by atoms with Gasteiger partial charge in [0, 0.05) is 18.3 Å². The van der Waals surface area contributed by atoms with Crippen LogP contribution in [-0.2, 0) is 4.74 Å². The normalized spacial score (nSPS) is 45.9. The molecule has 3 aliphatic carbocycles. The predicted octanol–water partition coefficient (Wildman–Crippen LogP) is 2.14. The molecule has 0 aromatic carbocycles. The van der Waals surface area contributed by atoms with Crippen LogP contribution >= 0.6 is 0 Å². The Bertz CT molecular complexity index is 419. The highest BCUT2D eigenvalue weighted by Crippen LogP contribution is 2.49. The molecule has 4 unspecified atom stereocenters. The minimum atomic E-state index is 0.916. The number of likely N-dealkylation sites (N-methyl/N-ethyl adjacent to an activating group) is 1. The van der Waals surface area contributed by atoms with Crippen LogP contribution in [0.25, 0.3) is 0 Å². The van der Waals surface area contributed by atoms with Crippen LogP contribution in [-0.4, -0.2) is 75.5 Å². The van der Waals surface area contributed by atoms with Crippen molar-refractivity contribution < 1.29 is 13.7 Å². The van der Waals surface area contributed by atoms with Crippen molar-refractivity contribution in [3.05, 3.63) is 12.2 Å². The summed E-state index contributed by atoms with van der Waals surface area (Å²) < 4.78 is 8.12. The number of likely N-dealkylation sites (tertiary alicyclic amines) is 1. The number of nitrogens with zero attached hydrogens (tertiary/aromatic N) is 2. The molecule has 2 bridgehead atoms. The lowest BCUT2D eigenvalue weighted by Gasteiger charge is -2.38. The van der Waals surface area contributed by atoms with E-state index in [9.17, 15) is 0 Å². The Morgan fingerprint density at radius 2 is 1.41 bits per heavy atom. The monoisotopic (exact) mass is 306 g/mol. The van der Waals surface area contributed by atoms with Gasteiger partial charge in [0.05, 0.1) is 53.5 Å². The van der Waals surface area contributed by atoms with Crippen molar-refractivity contribution in [2.45, 2.75) is 19.3 Å². The summed E-state index contributed by atoms with van der Waals surface area (Å²) in [5.74, 6) is 3.83. The zero-order valence-electron chi connectivity index (χ0n) is 14.5. The number of fused-ring (bicyclic) bond motifs is 1. The van der Waals surface area contributed by atoms with Crippen LogP contribution < -0.4 is 0 Å². The smallest absolute Gasteiger partial charge is 0.102 e. The van der Waals surface area contributed by atoms with Gasteiger partial charge in [0.25, 0.3) is 0 Å². The molecule has 124 valence electrons. The number of quaternary nitrogens is 2. The van der Waals surface area contributed by atoms with Crippen molar-refractivity contribution >= 4 is 0 Å². The van der Waals surface area contributed by atoms with Gasteiger partial charge in [-0.05, 0) is 24.7 Å². The Morgan fingerprint density at radius 3 is 1.95 bits per heavy atom. The van der Waals surface area contributed by atoms with Crippen molar-refractivity contribution in [2.75, 3.05) is 66.6 Å². The molecule has 5 aliphatic rings. The van der Waals surface area contributed by atoms with Crippen molar-refractivity contribution in [3.63, 3.8) is 0 Å². The zero-order chi connectivity index (χ0) is 15.2. The largest absolute Gasteiger partial charge is 0.370 e. The molecule has 2 aliphatic heterocycles. The fourth-order valence-corrected chi connectivity index (χ4v) is 5.87. The van der Waals surface area contributed by atoms with Gasteiger partial charge in [-0.1, -0.05) is 12.2 Å². The van der Waals surface area contributed by atoms with Crippen molar-refractivity contribution in [3.8, 4) is 0 Å². The quantitative estimate of drug-likeness (QED) is 0.571. The number of hydrogen-bond acceptors (Lipinski definition) is 1. The second-order valence-corrected chi connectivity index (χ2v) is 9.08. The lowest BCUT2D eigenvalue weighted by atomic mass is 9.64. The van der Waals surface area contributed by atoms with Crippen molar-refractivity contribution in [1.29, 1.82) is 0 Å². The number of morpholine rings is 1. The molecule has 3 fully saturated rings. The molecule has 22 heavy (non-hydrogen) atoms. The molecule has 5 rings (SSSR count). The lowest BCUT2D eigenvalue weighted by Crippen LogP contribution is -2.53. The Labute approximate surface area is 136 Å². The van der Waals surface area contributed by atoms with Crippen LogP contribution in [0.1, 0.15) is 19.3 Å². The molecular weight excluding hydrogens is 272 g/mol. The predicted molar refractivity (Wildman–Crippen MR) is 89.3 cm³/mol. The van der Waals surface area contributed by atoms with E-state index in [0.717, 1.165) is 36.9 Å². The molecule has 2 heterocycles. The summed E-state index contributed by atoms with van der Waals surface area (Å²) in [7, 11) is 4.97. The second kappa shape index (κ2) is 5.61. The molecule has 0 radical (unpaired) electrons. The number of allylic oxidation sites excluding steroid dienone is 2. The third kappa shape index (κ3) is 2.76. The third-order valence-corrected chi connectivity index (χ3v) is 7.34. The average Bonchev–Trinajstić information content (AvgIpc) is 2.88. The zero-order valence-corrected chi connectivity index (χ0v) is 14.5. The average molecular weight is 306 g/mol. The molecule has 0 spiro atoms. The highest BCUT2D eigenvalue weighted by Gasteiger charge is 2.51.